The highest BCUT2D eigenvalue weighted by Gasteiger charge is 2.39. The summed E-state index contributed by atoms with van der Waals surface area (Å²) in [7, 11) is 1.27. The van der Waals surface area contributed by atoms with Crippen molar-refractivity contribution in [3.05, 3.63) is 64.6 Å². The van der Waals surface area contributed by atoms with E-state index < -0.39 is 23.5 Å². The number of alkyl halides is 3. The minimum Gasteiger partial charge on any atom is -0.496 e. The second-order valence-electron chi connectivity index (χ2n) is 10.4. The number of nitrogen functional groups attached to an aromatic ring is 1. The third-order valence-corrected chi connectivity index (χ3v) is 8.12. The molecule has 0 spiro atoms. The van der Waals surface area contributed by atoms with Crippen LogP contribution in [-0.2, 0) is 11.0 Å². The van der Waals surface area contributed by atoms with Crippen molar-refractivity contribution >= 4 is 40.6 Å². The molecule has 2 aliphatic heterocycles. The maximum atomic E-state index is 15.9. The van der Waals surface area contributed by atoms with Crippen LogP contribution in [0.2, 0.25) is 5.15 Å². The lowest BCUT2D eigenvalue weighted by molar-refractivity contribution is -0.137. The molecule has 2 saturated heterocycles. The maximum absolute atomic E-state index is 15.9. The largest absolute Gasteiger partial charge is 0.496 e. The van der Waals surface area contributed by atoms with Crippen LogP contribution in [0.25, 0.3) is 16.8 Å². The van der Waals surface area contributed by atoms with E-state index in [2.05, 4.69) is 15.3 Å². The summed E-state index contributed by atoms with van der Waals surface area (Å²) in [6.45, 7) is 0.420. The molecule has 0 radical (unpaired) electrons. The summed E-state index contributed by atoms with van der Waals surface area (Å²) in [6.07, 6.45) is 0.412. The summed E-state index contributed by atoms with van der Waals surface area (Å²) < 4.78 is 62.2. The van der Waals surface area contributed by atoms with Crippen LogP contribution in [0.3, 0.4) is 0 Å². The van der Waals surface area contributed by atoms with Gasteiger partial charge in [0.2, 0.25) is 5.91 Å². The number of pyridine rings is 1. The first kappa shape index (κ1) is 28.6. The molecule has 3 aromatic heterocycles. The number of hydrogen-bond donors (Lipinski definition) is 2. The fourth-order valence-corrected chi connectivity index (χ4v) is 6.04. The second-order valence-corrected chi connectivity index (χ2v) is 10.8. The maximum Gasteiger partial charge on any atom is 0.416 e. The van der Waals surface area contributed by atoms with Gasteiger partial charge in [-0.15, -0.1) is 0 Å². The van der Waals surface area contributed by atoms with Gasteiger partial charge in [0.25, 0.3) is 5.91 Å². The zero-order valence-corrected chi connectivity index (χ0v) is 23.3. The van der Waals surface area contributed by atoms with Crippen molar-refractivity contribution in [2.45, 2.75) is 43.8 Å². The number of rotatable bonds is 5. The molecule has 15 heteroatoms. The number of ether oxygens (including phenoxy) is 1. The lowest BCUT2D eigenvalue weighted by Crippen LogP contribution is -2.41. The smallest absolute Gasteiger partial charge is 0.416 e. The van der Waals surface area contributed by atoms with Crippen LogP contribution >= 0.6 is 11.6 Å². The number of benzene rings is 1. The van der Waals surface area contributed by atoms with E-state index in [0.717, 1.165) is 31.2 Å². The Morgan fingerprint density at radius 2 is 1.98 bits per heavy atom. The fourth-order valence-electron chi connectivity index (χ4n) is 5.82. The number of nitrogens with zero attached hydrogens (tertiary/aromatic N) is 5. The number of hydrogen-bond acceptors (Lipinski definition) is 7. The Balaban J connectivity index is 1.40. The lowest BCUT2D eigenvalue weighted by Gasteiger charge is -2.34. The van der Waals surface area contributed by atoms with Crippen molar-refractivity contribution in [1.82, 2.24) is 24.3 Å². The number of aromatic nitrogens is 4. The molecular weight excluding hydrogens is 594 g/mol. The van der Waals surface area contributed by atoms with Gasteiger partial charge < -0.3 is 20.7 Å². The number of imidazole rings is 1. The van der Waals surface area contributed by atoms with Gasteiger partial charge >= 0.3 is 6.18 Å². The average molecular weight is 618 g/mol. The Labute approximate surface area is 246 Å². The molecule has 2 fully saturated rings. The quantitative estimate of drug-likeness (QED) is 0.290. The third-order valence-electron chi connectivity index (χ3n) is 7.85. The Bertz CT molecular complexity index is 1780. The molecule has 0 bridgehead atoms. The first-order valence-corrected chi connectivity index (χ1v) is 13.7. The number of piperidine rings is 1. The van der Waals surface area contributed by atoms with Crippen molar-refractivity contribution in [1.29, 1.82) is 0 Å². The van der Waals surface area contributed by atoms with Crippen molar-refractivity contribution in [3.63, 3.8) is 0 Å². The number of fused-ring (bicyclic) bond motifs is 2. The minimum atomic E-state index is -4.64. The van der Waals surface area contributed by atoms with Crippen LogP contribution in [0.4, 0.5) is 29.2 Å². The summed E-state index contributed by atoms with van der Waals surface area (Å²) in [4.78, 5) is 39.9. The minimum absolute atomic E-state index is 0.0166. The summed E-state index contributed by atoms with van der Waals surface area (Å²) in [5.41, 5.74) is 5.17. The summed E-state index contributed by atoms with van der Waals surface area (Å²) in [5, 5.41) is 2.43. The fraction of sp³-hybridized carbons (Fsp3) is 0.321. The normalized spacial score (nSPS) is 18.7. The van der Waals surface area contributed by atoms with Crippen LogP contribution in [0, 0.1) is 5.82 Å². The van der Waals surface area contributed by atoms with Gasteiger partial charge in [0, 0.05) is 36.7 Å². The first-order valence-electron chi connectivity index (χ1n) is 13.3. The van der Waals surface area contributed by atoms with Gasteiger partial charge in [-0.25, -0.2) is 19.3 Å². The van der Waals surface area contributed by atoms with Gasteiger partial charge in [-0.1, -0.05) is 11.6 Å². The summed E-state index contributed by atoms with van der Waals surface area (Å²) in [6, 6.07) is 3.75. The highest BCUT2D eigenvalue weighted by Crippen LogP contribution is 2.42. The van der Waals surface area contributed by atoms with E-state index in [4.69, 9.17) is 27.1 Å². The van der Waals surface area contributed by atoms with E-state index in [-0.39, 0.29) is 62.7 Å². The number of methoxy groups -OCH3 is 1. The van der Waals surface area contributed by atoms with Crippen LogP contribution in [0.15, 0.2) is 36.7 Å². The highest BCUT2D eigenvalue weighted by atomic mass is 35.5. The zero-order valence-electron chi connectivity index (χ0n) is 22.6. The second kappa shape index (κ2) is 10.7. The number of nitrogens with two attached hydrogens (primary N) is 1. The number of carbonyl (C=O) groups is 2. The predicted octanol–water partition coefficient (Wildman–Crippen LogP) is 5.31. The summed E-state index contributed by atoms with van der Waals surface area (Å²) in [5.74, 6) is -1.95. The number of carbonyl (C=O) groups excluding carboxylic acids is 2. The molecule has 2 amide bonds. The summed E-state index contributed by atoms with van der Waals surface area (Å²) >= 11 is 6.56. The molecule has 10 nitrogen and oxygen atoms in total. The molecule has 1 aromatic carbocycles. The van der Waals surface area contributed by atoms with Crippen LogP contribution in [0.1, 0.15) is 53.3 Å². The predicted molar refractivity (Wildman–Crippen MR) is 148 cm³/mol. The van der Waals surface area contributed by atoms with Crippen molar-refractivity contribution in [3.8, 4) is 17.0 Å². The average Bonchev–Trinajstić information content (AvgIpc) is 3.55. The van der Waals surface area contributed by atoms with Gasteiger partial charge in [-0.3, -0.25) is 14.0 Å². The number of amides is 2. The molecule has 4 aromatic rings. The molecule has 6 rings (SSSR count). The zero-order chi connectivity index (χ0) is 30.6. The number of anilines is 2. The Kier molecular flexibility index (Phi) is 7.11. The molecular formula is C28H24ClF4N7O3. The van der Waals surface area contributed by atoms with E-state index >= 15 is 4.39 Å². The third kappa shape index (κ3) is 5.09. The van der Waals surface area contributed by atoms with E-state index in [1.54, 1.807) is 4.40 Å². The Morgan fingerprint density at radius 1 is 1.19 bits per heavy atom. The standard InChI is InChI=1S/C28H24ClF4N7O3/c1-43-18-9-14(27(42)37-20-10-15(6-7-35-20)28(31,32)33)8-17(30)22(18)23-24-25(34)36-11-19(29)40(24)26(38-23)13-2-3-16-4-5-21(41)39(16)12-13/h6-11,13,16H,2-5,12H2,1H3,(H2,34,36)(H,35,37,42)/t13-,16+/m1/s1. The molecule has 43 heavy (non-hydrogen) atoms. The van der Waals surface area contributed by atoms with Gasteiger partial charge in [0.05, 0.1) is 24.4 Å². The van der Waals surface area contributed by atoms with Gasteiger partial charge in [-0.05, 0) is 43.5 Å². The molecule has 2 atom stereocenters. The Morgan fingerprint density at radius 3 is 2.72 bits per heavy atom. The van der Waals surface area contributed by atoms with Crippen molar-refractivity contribution in [2.24, 2.45) is 0 Å². The lowest BCUT2D eigenvalue weighted by atomic mass is 9.92. The molecule has 3 N–H and O–H groups in total. The SMILES string of the molecule is COc1cc(C(=O)Nc2cc(C(F)(F)F)ccn2)cc(F)c1-c1nc([C@@H]2CC[C@H]3CCC(=O)N3C2)n2c(Cl)cnc(N)c12. The van der Waals surface area contributed by atoms with Gasteiger partial charge in [-0.2, -0.15) is 13.2 Å². The molecule has 0 aliphatic carbocycles. The van der Waals surface area contributed by atoms with Gasteiger partial charge in [0.1, 0.15) is 45.4 Å². The van der Waals surface area contributed by atoms with Crippen LogP contribution in [-0.4, -0.2) is 55.8 Å². The molecule has 5 heterocycles. The molecule has 0 unspecified atom stereocenters. The van der Waals surface area contributed by atoms with Crippen molar-refractivity contribution < 1.29 is 31.9 Å². The Hall–Kier alpha value is -4.46. The number of halogens is 5. The molecule has 0 saturated carbocycles. The molecule has 2 aliphatic rings. The first-order chi connectivity index (χ1) is 20.5. The van der Waals surface area contributed by atoms with Gasteiger partial charge in [0.15, 0.2) is 0 Å². The number of nitrogens with one attached hydrogen (secondary N) is 1. The highest BCUT2D eigenvalue weighted by molar-refractivity contribution is 6.30. The van der Waals surface area contributed by atoms with E-state index in [0.29, 0.717) is 31.3 Å². The molecule has 224 valence electrons. The van der Waals surface area contributed by atoms with E-state index in [1.165, 1.54) is 19.4 Å². The monoisotopic (exact) mass is 617 g/mol. The van der Waals surface area contributed by atoms with E-state index in [9.17, 15) is 22.8 Å². The van der Waals surface area contributed by atoms with E-state index in [1.807, 2.05) is 4.90 Å². The van der Waals surface area contributed by atoms with Crippen LogP contribution < -0.4 is 15.8 Å². The van der Waals surface area contributed by atoms with Crippen LogP contribution in [0.5, 0.6) is 5.75 Å². The topological polar surface area (TPSA) is 128 Å². The van der Waals surface area contributed by atoms with Crippen molar-refractivity contribution in [2.75, 3.05) is 24.7 Å².